The lowest BCUT2D eigenvalue weighted by Crippen LogP contribution is -2.45. The summed E-state index contributed by atoms with van der Waals surface area (Å²) in [5, 5.41) is 5.51. The lowest BCUT2D eigenvalue weighted by atomic mass is 10.0. The number of rotatable bonds is 11. The van der Waals surface area contributed by atoms with E-state index in [0.29, 0.717) is 22.6 Å². The van der Waals surface area contributed by atoms with Crippen molar-refractivity contribution in [2.24, 2.45) is 5.92 Å². The van der Waals surface area contributed by atoms with E-state index < -0.39 is 35.9 Å². The minimum atomic E-state index is -1.09. The molecule has 34 heavy (non-hydrogen) atoms. The number of nitrogens with zero attached hydrogens (tertiary/aromatic N) is 1. The zero-order valence-electron chi connectivity index (χ0n) is 20.0. The van der Waals surface area contributed by atoms with E-state index in [-0.39, 0.29) is 24.1 Å². The summed E-state index contributed by atoms with van der Waals surface area (Å²) in [7, 11) is 0. The summed E-state index contributed by atoms with van der Waals surface area (Å²) in [6, 6.07) is 7.64. The molecule has 0 bridgehead atoms. The molecule has 10 heteroatoms. The molecule has 0 aliphatic carbocycles. The van der Waals surface area contributed by atoms with Crippen molar-refractivity contribution in [3.8, 4) is 0 Å². The van der Waals surface area contributed by atoms with E-state index in [1.165, 1.54) is 0 Å². The highest BCUT2D eigenvalue weighted by atomic mass is 32.1. The molecule has 2 atom stereocenters. The lowest BCUT2D eigenvalue weighted by Gasteiger charge is -2.22. The van der Waals surface area contributed by atoms with Gasteiger partial charge < -0.3 is 14.8 Å². The number of hydrogen-bond donors (Lipinski definition) is 2. The van der Waals surface area contributed by atoms with Gasteiger partial charge in [-0.1, -0.05) is 50.3 Å². The van der Waals surface area contributed by atoms with Gasteiger partial charge in [0.25, 0.3) is 11.8 Å². The molecule has 0 spiro atoms. The zero-order chi connectivity index (χ0) is 25.3. The normalized spacial score (nSPS) is 12.5. The van der Waals surface area contributed by atoms with Crippen LogP contribution in [0.2, 0.25) is 0 Å². The molecular weight excluding hydrogens is 458 g/mol. The second-order valence-electron chi connectivity index (χ2n) is 8.00. The molecule has 1 heterocycles. The SMILES string of the molecule is CCOC(=O)c1sc(NC(=O)[C@H](CC)OC(=O)[C@@H](CC(C)C)NC(=O)c2ccccc2)nc1C. The summed E-state index contributed by atoms with van der Waals surface area (Å²) in [6.45, 7) is 9.11. The summed E-state index contributed by atoms with van der Waals surface area (Å²) in [4.78, 5) is 54.7. The third-order valence-electron chi connectivity index (χ3n) is 4.74. The van der Waals surface area contributed by atoms with E-state index in [4.69, 9.17) is 9.47 Å². The van der Waals surface area contributed by atoms with E-state index in [1.54, 1.807) is 51.1 Å². The molecule has 1 aromatic heterocycles. The third kappa shape index (κ3) is 7.65. The van der Waals surface area contributed by atoms with Gasteiger partial charge in [-0.3, -0.25) is 14.9 Å². The summed E-state index contributed by atoms with van der Waals surface area (Å²) in [5.41, 5.74) is 0.856. The Morgan fingerprint density at radius 3 is 2.35 bits per heavy atom. The van der Waals surface area contributed by atoms with E-state index in [0.717, 1.165) is 11.3 Å². The molecule has 0 radical (unpaired) electrons. The number of hydrogen-bond acceptors (Lipinski definition) is 8. The predicted molar refractivity (Wildman–Crippen MR) is 129 cm³/mol. The van der Waals surface area contributed by atoms with Crippen LogP contribution in [0.1, 0.15) is 66.3 Å². The second-order valence-corrected chi connectivity index (χ2v) is 9.00. The maximum absolute atomic E-state index is 12.9. The maximum atomic E-state index is 12.9. The fourth-order valence-electron chi connectivity index (χ4n) is 3.08. The van der Waals surface area contributed by atoms with E-state index >= 15 is 0 Å². The first-order valence-electron chi connectivity index (χ1n) is 11.2. The van der Waals surface area contributed by atoms with Crippen LogP contribution in [-0.4, -0.2) is 47.5 Å². The Morgan fingerprint density at radius 2 is 1.76 bits per heavy atom. The molecule has 0 saturated carbocycles. The number of aromatic nitrogens is 1. The second kappa shape index (κ2) is 12.8. The highest BCUT2D eigenvalue weighted by molar-refractivity contribution is 7.17. The molecule has 2 amide bonds. The van der Waals surface area contributed by atoms with Crippen LogP contribution in [-0.2, 0) is 19.1 Å². The average Bonchev–Trinajstić information content (AvgIpc) is 3.17. The van der Waals surface area contributed by atoms with Gasteiger partial charge >= 0.3 is 11.9 Å². The van der Waals surface area contributed by atoms with Gasteiger partial charge in [0.15, 0.2) is 11.2 Å². The molecule has 2 rings (SSSR count). The van der Waals surface area contributed by atoms with Gasteiger partial charge in [-0.05, 0) is 44.7 Å². The van der Waals surface area contributed by atoms with Crippen molar-refractivity contribution < 1.29 is 28.7 Å². The van der Waals surface area contributed by atoms with E-state index in [2.05, 4.69) is 15.6 Å². The summed E-state index contributed by atoms with van der Waals surface area (Å²) < 4.78 is 10.5. The molecule has 0 unspecified atom stereocenters. The molecular formula is C24H31N3O6S. The number of amides is 2. The Hall–Kier alpha value is -3.27. The first-order chi connectivity index (χ1) is 16.2. The number of carbonyl (C=O) groups excluding carboxylic acids is 4. The summed E-state index contributed by atoms with van der Waals surface area (Å²) in [5.74, 6) is -2.07. The number of aryl methyl sites for hydroxylation is 1. The molecule has 0 aliphatic rings. The highest BCUT2D eigenvalue weighted by Crippen LogP contribution is 2.24. The molecule has 184 valence electrons. The van der Waals surface area contributed by atoms with E-state index in [1.807, 2.05) is 13.8 Å². The number of nitrogens with one attached hydrogen (secondary N) is 2. The molecule has 0 aliphatic heterocycles. The topological polar surface area (TPSA) is 124 Å². The minimum absolute atomic E-state index is 0.0992. The first-order valence-corrected chi connectivity index (χ1v) is 12.0. The van der Waals surface area contributed by atoms with Crippen LogP contribution in [0, 0.1) is 12.8 Å². The van der Waals surface area contributed by atoms with Crippen molar-refractivity contribution >= 4 is 40.2 Å². The predicted octanol–water partition coefficient (Wildman–Crippen LogP) is 3.73. The van der Waals surface area contributed by atoms with Crippen LogP contribution in [0.25, 0.3) is 0 Å². The van der Waals surface area contributed by atoms with Gasteiger partial charge in [-0.25, -0.2) is 14.6 Å². The Bertz CT molecular complexity index is 1010. The number of anilines is 1. The largest absolute Gasteiger partial charge is 0.462 e. The smallest absolute Gasteiger partial charge is 0.350 e. The quantitative estimate of drug-likeness (QED) is 0.461. The molecule has 2 N–H and O–H groups in total. The Morgan fingerprint density at radius 1 is 1.09 bits per heavy atom. The third-order valence-corrected chi connectivity index (χ3v) is 5.80. The number of thiazole rings is 1. The van der Waals surface area contributed by atoms with E-state index in [9.17, 15) is 19.2 Å². The minimum Gasteiger partial charge on any atom is -0.462 e. The maximum Gasteiger partial charge on any atom is 0.350 e. The van der Waals surface area contributed by atoms with Gasteiger partial charge in [0.05, 0.1) is 12.3 Å². The van der Waals surface area contributed by atoms with Crippen molar-refractivity contribution in [2.45, 2.75) is 59.6 Å². The van der Waals surface area contributed by atoms with Crippen LogP contribution < -0.4 is 10.6 Å². The van der Waals surface area contributed by atoms with Crippen molar-refractivity contribution in [3.63, 3.8) is 0 Å². The number of esters is 2. The van der Waals surface area contributed by atoms with Crippen molar-refractivity contribution in [1.82, 2.24) is 10.3 Å². The van der Waals surface area contributed by atoms with Crippen LogP contribution in [0.5, 0.6) is 0 Å². The van der Waals surface area contributed by atoms with Crippen LogP contribution >= 0.6 is 11.3 Å². The lowest BCUT2D eigenvalue weighted by molar-refractivity contribution is -0.156. The average molecular weight is 490 g/mol. The van der Waals surface area contributed by atoms with Gasteiger partial charge in [-0.15, -0.1) is 0 Å². The molecule has 1 aromatic carbocycles. The fourth-order valence-corrected chi connectivity index (χ4v) is 3.95. The fraction of sp³-hybridized carbons (Fsp3) is 0.458. The van der Waals surface area contributed by atoms with Crippen LogP contribution in [0.3, 0.4) is 0 Å². The molecule has 9 nitrogen and oxygen atoms in total. The van der Waals surface area contributed by atoms with Crippen LogP contribution in [0.4, 0.5) is 5.13 Å². The molecule has 2 aromatic rings. The van der Waals surface area contributed by atoms with Gasteiger partial charge in [-0.2, -0.15) is 0 Å². The summed E-state index contributed by atoms with van der Waals surface area (Å²) in [6.07, 6.45) is -0.524. The van der Waals surface area contributed by atoms with Crippen molar-refractivity contribution in [3.05, 3.63) is 46.5 Å². The number of benzene rings is 1. The summed E-state index contributed by atoms with van der Waals surface area (Å²) >= 11 is 0.988. The Labute approximate surface area is 203 Å². The standard InChI is InChI=1S/C24H31N3O6S/c1-6-18(21(29)27-24-25-15(5)19(34-24)23(31)32-7-2)33-22(30)17(13-14(3)4)26-20(28)16-11-9-8-10-12-16/h8-12,14,17-18H,6-7,13H2,1-5H3,(H,26,28)(H,25,27,29)/t17-,18+/m1/s1. The zero-order valence-corrected chi connectivity index (χ0v) is 20.9. The van der Waals surface area contributed by atoms with Gasteiger partial charge in [0.1, 0.15) is 10.9 Å². The molecule has 0 saturated heterocycles. The number of ether oxygens (including phenoxy) is 2. The highest BCUT2D eigenvalue weighted by Gasteiger charge is 2.29. The van der Waals surface area contributed by atoms with Crippen molar-refractivity contribution in [2.75, 3.05) is 11.9 Å². The Kier molecular flexibility index (Phi) is 10.2. The first kappa shape index (κ1) is 27.0. The monoisotopic (exact) mass is 489 g/mol. The molecule has 0 fully saturated rings. The Balaban J connectivity index is 2.07. The number of carbonyl (C=O) groups is 4. The van der Waals surface area contributed by atoms with Crippen LogP contribution in [0.15, 0.2) is 30.3 Å². The van der Waals surface area contributed by atoms with Crippen molar-refractivity contribution in [1.29, 1.82) is 0 Å². The van der Waals surface area contributed by atoms with Gasteiger partial charge in [0.2, 0.25) is 0 Å². The van der Waals surface area contributed by atoms with Gasteiger partial charge in [0, 0.05) is 5.56 Å².